The van der Waals surface area contributed by atoms with Gasteiger partial charge in [-0.2, -0.15) is 13.2 Å². The SMILES string of the molecule is CC(=O)NCC(O)C(O)c1ccc(C(F)(F)F)nc1. The Kier molecular flexibility index (Phi) is 4.84. The first kappa shape index (κ1) is 15.4. The highest BCUT2D eigenvalue weighted by Crippen LogP contribution is 2.28. The average Bonchev–Trinajstić information content (AvgIpc) is 2.34. The zero-order chi connectivity index (χ0) is 14.6. The standard InChI is InChI=1S/C11H13F3N2O3/c1-6(17)15-5-8(18)10(19)7-2-3-9(16-4-7)11(12,13)14/h2-4,8,10,18-19H,5H2,1H3,(H,15,17). The van der Waals surface area contributed by atoms with E-state index in [0.717, 1.165) is 12.3 Å². The van der Waals surface area contributed by atoms with Crippen molar-refractivity contribution in [3.63, 3.8) is 0 Å². The van der Waals surface area contributed by atoms with E-state index >= 15 is 0 Å². The fraction of sp³-hybridized carbons (Fsp3) is 0.455. The van der Waals surface area contributed by atoms with E-state index in [0.29, 0.717) is 6.07 Å². The summed E-state index contributed by atoms with van der Waals surface area (Å²) in [5.74, 6) is -0.392. The lowest BCUT2D eigenvalue weighted by Gasteiger charge is -2.18. The third-order valence-electron chi connectivity index (χ3n) is 2.34. The number of hydrogen-bond donors (Lipinski definition) is 3. The molecule has 1 aromatic rings. The smallest absolute Gasteiger partial charge is 0.388 e. The molecule has 1 amide bonds. The minimum absolute atomic E-state index is 0.0332. The fourth-order valence-corrected chi connectivity index (χ4v) is 1.33. The van der Waals surface area contributed by atoms with E-state index in [1.165, 1.54) is 6.92 Å². The number of alkyl halides is 3. The summed E-state index contributed by atoms with van der Waals surface area (Å²) in [6.45, 7) is 1.02. The number of aliphatic hydroxyl groups excluding tert-OH is 2. The van der Waals surface area contributed by atoms with Crippen molar-refractivity contribution < 1.29 is 28.2 Å². The molecule has 0 fully saturated rings. The van der Waals surface area contributed by atoms with Gasteiger partial charge in [-0.25, -0.2) is 0 Å². The summed E-state index contributed by atoms with van der Waals surface area (Å²) in [5, 5.41) is 21.5. The molecule has 106 valence electrons. The lowest BCUT2D eigenvalue weighted by Crippen LogP contribution is -2.34. The average molecular weight is 278 g/mol. The largest absolute Gasteiger partial charge is 0.433 e. The van der Waals surface area contributed by atoms with Crippen molar-refractivity contribution in [2.24, 2.45) is 0 Å². The molecule has 0 aromatic carbocycles. The van der Waals surface area contributed by atoms with E-state index < -0.39 is 30.0 Å². The Balaban J connectivity index is 2.72. The summed E-state index contributed by atoms with van der Waals surface area (Å²) in [6.07, 6.45) is -6.48. The number of halogens is 3. The number of pyridine rings is 1. The highest BCUT2D eigenvalue weighted by atomic mass is 19.4. The number of hydrogen-bond acceptors (Lipinski definition) is 4. The van der Waals surface area contributed by atoms with Crippen molar-refractivity contribution in [3.8, 4) is 0 Å². The van der Waals surface area contributed by atoms with Crippen LogP contribution < -0.4 is 5.32 Å². The second-order valence-corrected chi connectivity index (χ2v) is 3.92. The molecule has 0 saturated carbocycles. The number of aliphatic hydroxyl groups is 2. The molecule has 2 atom stereocenters. The van der Waals surface area contributed by atoms with Gasteiger partial charge < -0.3 is 15.5 Å². The molecule has 0 radical (unpaired) electrons. The second kappa shape index (κ2) is 5.98. The van der Waals surface area contributed by atoms with E-state index in [2.05, 4.69) is 10.3 Å². The molecule has 3 N–H and O–H groups in total. The maximum Gasteiger partial charge on any atom is 0.433 e. The second-order valence-electron chi connectivity index (χ2n) is 3.92. The molecule has 0 bridgehead atoms. The molecule has 1 rings (SSSR count). The Morgan fingerprint density at radius 2 is 2.05 bits per heavy atom. The molecule has 19 heavy (non-hydrogen) atoms. The van der Waals surface area contributed by atoms with E-state index in [1.54, 1.807) is 0 Å². The van der Waals surface area contributed by atoms with Gasteiger partial charge in [0.15, 0.2) is 0 Å². The molecule has 2 unspecified atom stereocenters. The molecule has 1 heterocycles. The van der Waals surface area contributed by atoms with Crippen LogP contribution in [0.3, 0.4) is 0 Å². The first-order valence-electron chi connectivity index (χ1n) is 5.35. The third-order valence-corrected chi connectivity index (χ3v) is 2.34. The molecule has 0 aliphatic heterocycles. The zero-order valence-electron chi connectivity index (χ0n) is 9.98. The minimum atomic E-state index is -4.56. The van der Waals surface area contributed by atoms with Crippen LogP contribution in [0.1, 0.15) is 24.3 Å². The van der Waals surface area contributed by atoms with Crippen LogP contribution in [0.2, 0.25) is 0 Å². The summed E-state index contributed by atoms with van der Waals surface area (Å²) in [6, 6.07) is 1.74. The van der Waals surface area contributed by atoms with Crippen LogP contribution in [0.4, 0.5) is 13.2 Å². The monoisotopic (exact) mass is 278 g/mol. The quantitative estimate of drug-likeness (QED) is 0.754. The van der Waals surface area contributed by atoms with E-state index in [4.69, 9.17) is 0 Å². The predicted octanol–water partition coefficient (Wildman–Crippen LogP) is 0.631. The molecule has 0 spiro atoms. The maximum atomic E-state index is 12.3. The zero-order valence-corrected chi connectivity index (χ0v) is 9.98. The van der Waals surface area contributed by atoms with Crippen LogP contribution in [-0.4, -0.2) is 33.8 Å². The Hall–Kier alpha value is -1.67. The Morgan fingerprint density at radius 3 is 2.47 bits per heavy atom. The normalized spacial score (nSPS) is 14.8. The van der Waals surface area contributed by atoms with Crippen molar-refractivity contribution in [2.75, 3.05) is 6.54 Å². The van der Waals surface area contributed by atoms with Gasteiger partial charge in [-0.05, 0) is 6.07 Å². The van der Waals surface area contributed by atoms with Gasteiger partial charge in [0.1, 0.15) is 17.9 Å². The minimum Gasteiger partial charge on any atom is -0.388 e. The topological polar surface area (TPSA) is 82.5 Å². The van der Waals surface area contributed by atoms with Gasteiger partial charge >= 0.3 is 6.18 Å². The molecule has 5 nitrogen and oxygen atoms in total. The number of amides is 1. The Labute approximate surface area is 107 Å². The molecule has 1 aromatic heterocycles. The fourth-order valence-electron chi connectivity index (χ4n) is 1.33. The summed E-state index contributed by atoms with van der Waals surface area (Å²) in [4.78, 5) is 13.8. The number of nitrogens with zero attached hydrogens (tertiary/aromatic N) is 1. The number of aromatic nitrogens is 1. The van der Waals surface area contributed by atoms with Crippen molar-refractivity contribution in [2.45, 2.75) is 25.3 Å². The maximum absolute atomic E-state index is 12.3. The first-order valence-corrected chi connectivity index (χ1v) is 5.35. The van der Waals surface area contributed by atoms with Crippen molar-refractivity contribution >= 4 is 5.91 Å². The summed E-state index contributed by atoms with van der Waals surface area (Å²) in [5.41, 5.74) is -1.05. The van der Waals surface area contributed by atoms with Crippen LogP contribution in [0.5, 0.6) is 0 Å². The Bertz CT molecular complexity index is 434. The molecular formula is C11H13F3N2O3. The van der Waals surface area contributed by atoms with Crippen LogP contribution in [0, 0.1) is 0 Å². The van der Waals surface area contributed by atoms with E-state index in [1.807, 2.05) is 0 Å². The van der Waals surface area contributed by atoms with Gasteiger partial charge in [-0.3, -0.25) is 9.78 Å². The summed E-state index contributed by atoms with van der Waals surface area (Å²) >= 11 is 0. The van der Waals surface area contributed by atoms with Crippen molar-refractivity contribution in [1.29, 1.82) is 0 Å². The lowest BCUT2D eigenvalue weighted by atomic mass is 10.1. The third kappa shape index (κ3) is 4.49. The predicted molar refractivity (Wildman–Crippen MR) is 58.9 cm³/mol. The van der Waals surface area contributed by atoms with E-state index in [9.17, 15) is 28.2 Å². The number of carbonyl (C=O) groups is 1. The van der Waals surface area contributed by atoms with Gasteiger partial charge in [-0.1, -0.05) is 6.07 Å². The van der Waals surface area contributed by atoms with Crippen molar-refractivity contribution in [3.05, 3.63) is 29.6 Å². The van der Waals surface area contributed by atoms with Crippen molar-refractivity contribution in [1.82, 2.24) is 10.3 Å². The van der Waals surface area contributed by atoms with Crippen LogP contribution in [0.25, 0.3) is 0 Å². The van der Waals surface area contributed by atoms with Crippen LogP contribution in [0.15, 0.2) is 18.3 Å². The number of rotatable bonds is 4. The van der Waals surface area contributed by atoms with Gasteiger partial charge in [-0.15, -0.1) is 0 Å². The van der Waals surface area contributed by atoms with Crippen LogP contribution >= 0.6 is 0 Å². The summed E-state index contributed by atoms with van der Waals surface area (Å²) < 4.78 is 36.8. The van der Waals surface area contributed by atoms with Gasteiger partial charge in [0.2, 0.25) is 5.91 Å². The molecule has 0 aliphatic carbocycles. The molecule has 8 heteroatoms. The Morgan fingerprint density at radius 1 is 1.42 bits per heavy atom. The van der Waals surface area contributed by atoms with Gasteiger partial charge in [0, 0.05) is 25.2 Å². The molecule has 0 aliphatic rings. The molecular weight excluding hydrogens is 265 g/mol. The number of carbonyl (C=O) groups excluding carboxylic acids is 1. The molecule has 0 saturated heterocycles. The summed E-state index contributed by atoms with van der Waals surface area (Å²) in [7, 11) is 0. The van der Waals surface area contributed by atoms with E-state index in [-0.39, 0.29) is 12.1 Å². The highest BCUT2D eigenvalue weighted by Gasteiger charge is 2.32. The van der Waals surface area contributed by atoms with Crippen LogP contribution in [-0.2, 0) is 11.0 Å². The first-order chi connectivity index (χ1) is 8.71. The van der Waals surface area contributed by atoms with Gasteiger partial charge in [0.05, 0.1) is 0 Å². The van der Waals surface area contributed by atoms with Gasteiger partial charge in [0.25, 0.3) is 0 Å². The lowest BCUT2D eigenvalue weighted by molar-refractivity contribution is -0.141. The number of nitrogens with one attached hydrogen (secondary N) is 1. The highest BCUT2D eigenvalue weighted by molar-refractivity contribution is 5.72.